The van der Waals surface area contributed by atoms with Crippen LogP contribution in [0.25, 0.3) is 0 Å². The van der Waals surface area contributed by atoms with E-state index in [9.17, 15) is 4.39 Å². The van der Waals surface area contributed by atoms with Gasteiger partial charge in [0.1, 0.15) is 5.82 Å². The average molecular weight is 247 g/mol. The van der Waals surface area contributed by atoms with E-state index in [0.29, 0.717) is 12.1 Å². The van der Waals surface area contributed by atoms with E-state index in [1.165, 1.54) is 31.2 Å². The molecule has 18 heavy (non-hydrogen) atoms. The lowest BCUT2D eigenvalue weighted by Gasteiger charge is -2.25. The molecule has 2 aliphatic carbocycles. The Labute approximate surface area is 109 Å². The van der Waals surface area contributed by atoms with Gasteiger partial charge in [-0.3, -0.25) is 0 Å². The van der Waals surface area contributed by atoms with Gasteiger partial charge in [0.15, 0.2) is 0 Å². The van der Waals surface area contributed by atoms with E-state index in [4.69, 9.17) is 0 Å². The third kappa shape index (κ3) is 2.18. The van der Waals surface area contributed by atoms with Crippen molar-refractivity contribution < 1.29 is 4.39 Å². The fourth-order valence-electron chi connectivity index (χ4n) is 3.69. The van der Waals surface area contributed by atoms with Crippen LogP contribution in [0.4, 0.5) is 4.39 Å². The molecule has 1 fully saturated rings. The lowest BCUT2D eigenvalue weighted by molar-refractivity contribution is 0.342. The van der Waals surface area contributed by atoms with Crippen LogP contribution in [0.15, 0.2) is 18.2 Å². The van der Waals surface area contributed by atoms with Crippen molar-refractivity contribution in [2.75, 3.05) is 0 Å². The molecule has 1 nitrogen and oxygen atoms in total. The van der Waals surface area contributed by atoms with Gasteiger partial charge in [0.05, 0.1) is 0 Å². The maximum absolute atomic E-state index is 13.7. The highest BCUT2D eigenvalue weighted by Gasteiger charge is 2.28. The van der Waals surface area contributed by atoms with Gasteiger partial charge in [0, 0.05) is 12.1 Å². The first-order valence-electron chi connectivity index (χ1n) is 7.29. The summed E-state index contributed by atoms with van der Waals surface area (Å²) in [5, 5.41) is 3.74. The summed E-state index contributed by atoms with van der Waals surface area (Å²) in [4.78, 5) is 0. The van der Waals surface area contributed by atoms with E-state index in [0.717, 1.165) is 24.3 Å². The fourth-order valence-corrected chi connectivity index (χ4v) is 3.69. The average Bonchev–Trinajstić information content (AvgIpc) is 2.99. The Morgan fingerprint density at radius 1 is 1.22 bits per heavy atom. The van der Waals surface area contributed by atoms with Gasteiger partial charge in [-0.15, -0.1) is 0 Å². The van der Waals surface area contributed by atoms with Crippen LogP contribution in [0, 0.1) is 11.7 Å². The van der Waals surface area contributed by atoms with Gasteiger partial charge in [-0.2, -0.15) is 0 Å². The topological polar surface area (TPSA) is 12.0 Å². The Bertz CT molecular complexity index is 423. The highest BCUT2D eigenvalue weighted by Crippen LogP contribution is 2.35. The Balaban J connectivity index is 1.70. The van der Waals surface area contributed by atoms with Crippen LogP contribution < -0.4 is 5.32 Å². The number of rotatable bonds is 3. The third-order valence-electron chi connectivity index (χ3n) is 4.78. The van der Waals surface area contributed by atoms with Gasteiger partial charge >= 0.3 is 0 Å². The fraction of sp³-hybridized carbons (Fsp3) is 0.625. The minimum Gasteiger partial charge on any atom is -0.307 e. The first kappa shape index (κ1) is 12.2. The number of halogens is 1. The summed E-state index contributed by atoms with van der Waals surface area (Å²) >= 11 is 0. The maximum Gasteiger partial charge on any atom is 0.126 e. The molecule has 2 heteroatoms. The molecule has 3 rings (SSSR count). The van der Waals surface area contributed by atoms with E-state index in [1.54, 1.807) is 6.07 Å². The summed E-state index contributed by atoms with van der Waals surface area (Å²) in [5.41, 5.74) is 2.13. The van der Waals surface area contributed by atoms with Crippen molar-refractivity contribution in [3.63, 3.8) is 0 Å². The van der Waals surface area contributed by atoms with E-state index in [2.05, 4.69) is 18.3 Å². The van der Waals surface area contributed by atoms with E-state index < -0.39 is 0 Å². The van der Waals surface area contributed by atoms with Gasteiger partial charge < -0.3 is 5.32 Å². The summed E-state index contributed by atoms with van der Waals surface area (Å²) < 4.78 is 13.7. The second kappa shape index (κ2) is 5.00. The zero-order valence-electron chi connectivity index (χ0n) is 11.1. The van der Waals surface area contributed by atoms with Crippen molar-refractivity contribution in [3.8, 4) is 0 Å². The molecule has 0 radical (unpaired) electrons. The van der Waals surface area contributed by atoms with Crippen molar-refractivity contribution in [3.05, 3.63) is 35.1 Å². The first-order valence-corrected chi connectivity index (χ1v) is 7.29. The second-order valence-electron chi connectivity index (χ2n) is 5.90. The molecule has 1 saturated carbocycles. The summed E-state index contributed by atoms with van der Waals surface area (Å²) in [6, 6.07) is 6.44. The highest BCUT2D eigenvalue weighted by atomic mass is 19.1. The lowest BCUT2D eigenvalue weighted by atomic mass is 9.98. The van der Waals surface area contributed by atoms with Crippen LogP contribution in [0.1, 0.15) is 56.2 Å². The molecule has 0 saturated heterocycles. The zero-order valence-corrected chi connectivity index (χ0v) is 11.1. The molecule has 0 aliphatic heterocycles. The predicted molar refractivity (Wildman–Crippen MR) is 72.0 cm³/mol. The molecule has 0 aromatic heterocycles. The number of fused-ring (bicyclic) bond motifs is 1. The van der Waals surface area contributed by atoms with Gasteiger partial charge in [0.25, 0.3) is 0 Å². The normalized spacial score (nSPS) is 25.3. The summed E-state index contributed by atoms with van der Waals surface area (Å²) in [6.45, 7) is 2.30. The standard InChI is InChI=1S/C16H22FN/c1-11(12-5-2-3-6-12)18-16-10-9-13-14(16)7-4-8-15(13)17/h4,7-8,11-12,16,18H,2-3,5-6,9-10H2,1H3/t11-,16?/m1/s1. The molecule has 0 heterocycles. The van der Waals surface area contributed by atoms with Crippen LogP contribution in [0.2, 0.25) is 0 Å². The molecule has 1 N–H and O–H groups in total. The minimum absolute atomic E-state index is 0.0229. The third-order valence-corrected chi connectivity index (χ3v) is 4.78. The van der Waals surface area contributed by atoms with Crippen molar-refractivity contribution in [1.29, 1.82) is 0 Å². The van der Waals surface area contributed by atoms with Gasteiger partial charge in [-0.25, -0.2) is 4.39 Å². The molecular weight excluding hydrogens is 225 g/mol. The van der Waals surface area contributed by atoms with E-state index in [-0.39, 0.29) is 5.82 Å². The Morgan fingerprint density at radius 2 is 2.00 bits per heavy atom. The van der Waals surface area contributed by atoms with Gasteiger partial charge in [0.2, 0.25) is 0 Å². The van der Waals surface area contributed by atoms with Crippen LogP contribution in [0.5, 0.6) is 0 Å². The molecule has 98 valence electrons. The van der Waals surface area contributed by atoms with E-state index >= 15 is 0 Å². The summed E-state index contributed by atoms with van der Waals surface area (Å²) in [6.07, 6.45) is 7.41. The molecular formula is C16H22FN. The lowest BCUT2D eigenvalue weighted by Crippen LogP contribution is -2.34. The molecule has 0 bridgehead atoms. The minimum atomic E-state index is -0.0229. The predicted octanol–water partition coefficient (Wildman–Crippen LogP) is 3.98. The van der Waals surface area contributed by atoms with Crippen molar-refractivity contribution in [1.82, 2.24) is 5.32 Å². The quantitative estimate of drug-likeness (QED) is 0.852. The second-order valence-corrected chi connectivity index (χ2v) is 5.90. The molecule has 2 atom stereocenters. The van der Waals surface area contributed by atoms with Crippen LogP contribution in [0.3, 0.4) is 0 Å². The first-order chi connectivity index (χ1) is 8.75. The Morgan fingerprint density at radius 3 is 2.78 bits per heavy atom. The number of hydrogen-bond acceptors (Lipinski definition) is 1. The maximum atomic E-state index is 13.7. The van der Waals surface area contributed by atoms with Crippen LogP contribution in [-0.4, -0.2) is 6.04 Å². The molecule has 1 unspecified atom stereocenters. The number of nitrogens with one attached hydrogen (secondary N) is 1. The largest absolute Gasteiger partial charge is 0.307 e. The molecule has 0 spiro atoms. The number of benzene rings is 1. The van der Waals surface area contributed by atoms with Crippen LogP contribution >= 0.6 is 0 Å². The Hall–Kier alpha value is -0.890. The molecule has 2 aliphatic rings. The zero-order chi connectivity index (χ0) is 12.5. The monoisotopic (exact) mass is 247 g/mol. The van der Waals surface area contributed by atoms with Crippen LogP contribution in [-0.2, 0) is 6.42 Å². The van der Waals surface area contributed by atoms with Gasteiger partial charge in [-0.1, -0.05) is 25.0 Å². The molecule has 1 aromatic carbocycles. The summed E-state index contributed by atoms with van der Waals surface area (Å²) in [7, 11) is 0. The van der Waals surface area contributed by atoms with Crippen molar-refractivity contribution >= 4 is 0 Å². The SMILES string of the molecule is C[C@@H](NC1CCc2c(F)cccc21)C1CCCC1. The van der Waals surface area contributed by atoms with Gasteiger partial charge in [-0.05, 0) is 55.7 Å². The van der Waals surface area contributed by atoms with Crippen molar-refractivity contribution in [2.24, 2.45) is 5.92 Å². The van der Waals surface area contributed by atoms with Crippen molar-refractivity contribution in [2.45, 2.75) is 57.5 Å². The number of hydrogen-bond donors (Lipinski definition) is 1. The molecule has 0 amide bonds. The molecule has 1 aromatic rings. The van der Waals surface area contributed by atoms with E-state index in [1.807, 2.05) is 6.07 Å². The smallest absolute Gasteiger partial charge is 0.126 e. The summed E-state index contributed by atoms with van der Waals surface area (Å²) in [5.74, 6) is 0.799. The highest BCUT2D eigenvalue weighted by molar-refractivity contribution is 5.35. The Kier molecular flexibility index (Phi) is 3.38.